The molecular weight excluding hydrogens is 354 g/mol. The van der Waals surface area contributed by atoms with E-state index in [0.717, 1.165) is 60.7 Å². The summed E-state index contributed by atoms with van der Waals surface area (Å²) >= 11 is 9.81. The molecule has 0 aliphatic carbocycles. The van der Waals surface area contributed by atoms with Crippen molar-refractivity contribution >= 4 is 38.6 Å². The van der Waals surface area contributed by atoms with Gasteiger partial charge in [0.05, 0.1) is 29.6 Å². The lowest BCUT2D eigenvalue weighted by Gasteiger charge is -2.27. The first-order chi connectivity index (χ1) is 10.1. The normalized spacial score (nSPS) is 18.2. The van der Waals surface area contributed by atoms with Crippen molar-refractivity contribution in [1.29, 1.82) is 0 Å². The predicted molar refractivity (Wildman–Crippen MR) is 89.0 cm³/mol. The van der Waals surface area contributed by atoms with Crippen molar-refractivity contribution in [3.8, 4) is 0 Å². The van der Waals surface area contributed by atoms with Crippen LogP contribution in [0.3, 0.4) is 0 Å². The van der Waals surface area contributed by atoms with E-state index >= 15 is 0 Å². The largest absolute Gasteiger partial charge is 0.379 e. The number of imidazole rings is 1. The molecule has 1 aliphatic rings. The minimum atomic E-state index is -0.0964. The highest BCUT2D eigenvalue weighted by atomic mass is 79.9. The lowest BCUT2D eigenvalue weighted by Crippen LogP contribution is -2.38. The van der Waals surface area contributed by atoms with Gasteiger partial charge in [0.15, 0.2) is 0 Å². The fourth-order valence-corrected chi connectivity index (χ4v) is 3.24. The Balaban J connectivity index is 1.86. The second-order valence-electron chi connectivity index (χ2n) is 5.32. The van der Waals surface area contributed by atoms with Crippen molar-refractivity contribution in [3.05, 3.63) is 28.5 Å². The molecule has 2 heterocycles. The highest BCUT2D eigenvalue weighted by molar-refractivity contribution is 9.10. The van der Waals surface area contributed by atoms with Gasteiger partial charge in [-0.05, 0) is 25.1 Å². The quantitative estimate of drug-likeness (QED) is 0.770. The molecule has 4 nitrogen and oxygen atoms in total. The highest BCUT2D eigenvalue weighted by Gasteiger charge is 2.17. The van der Waals surface area contributed by atoms with E-state index in [1.807, 2.05) is 13.0 Å². The molecule has 21 heavy (non-hydrogen) atoms. The van der Waals surface area contributed by atoms with Crippen LogP contribution in [0.2, 0.25) is 0 Å². The third kappa shape index (κ3) is 3.42. The van der Waals surface area contributed by atoms with Crippen LogP contribution in [0, 0.1) is 0 Å². The van der Waals surface area contributed by atoms with Gasteiger partial charge in [-0.15, -0.1) is 11.6 Å². The van der Waals surface area contributed by atoms with E-state index in [9.17, 15) is 0 Å². The summed E-state index contributed by atoms with van der Waals surface area (Å²) in [4.78, 5) is 7.12. The number of hydrogen-bond acceptors (Lipinski definition) is 3. The van der Waals surface area contributed by atoms with Crippen molar-refractivity contribution in [3.63, 3.8) is 0 Å². The van der Waals surface area contributed by atoms with Gasteiger partial charge in [-0.1, -0.05) is 15.9 Å². The molecule has 1 aromatic heterocycles. The van der Waals surface area contributed by atoms with Crippen molar-refractivity contribution in [2.24, 2.45) is 0 Å². The molecule has 1 fully saturated rings. The molecule has 6 heteroatoms. The van der Waals surface area contributed by atoms with Gasteiger partial charge in [0.25, 0.3) is 0 Å². The maximum Gasteiger partial charge on any atom is 0.127 e. The zero-order valence-corrected chi connectivity index (χ0v) is 14.4. The molecule has 3 rings (SSSR count). The average molecular weight is 373 g/mol. The second-order valence-corrected chi connectivity index (χ2v) is 6.90. The lowest BCUT2D eigenvalue weighted by molar-refractivity contribution is 0.0364. The Hall–Kier alpha value is -0.620. The molecule has 114 valence electrons. The van der Waals surface area contributed by atoms with Gasteiger partial charge in [-0.2, -0.15) is 0 Å². The van der Waals surface area contributed by atoms with Crippen LogP contribution in [0.1, 0.15) is 18.1 Å². The Morgan fingerprint density at radius 2 is 2.10 bits per heavy atom. The van der Waals surface area contributed by atoms with E-state index in [0.29, 0.717) is 0 Å². The number of ether oxygens (including phenoxy) is 1. The fraction of sp³-hybridized carbons (Fsp3) is 0.533. The third-order valence-corrected chi connectivity index (χ3v) is 4.53. The van der Waals surface area contributed by atoms with Gasteiger partial charge >= 0.3 is 0 Å². The van der Waals surface area contributed by atoms with E-state index in [-0.39, 0.29) is 5.38 Å². The average Bonchev–Trinajstić information content (AvgIpc) is 2.84. The molecule has 0 N–H and O–H groups in total. The first-order valence-corrected chi connectivity index (χ1v) is 8.48. The molecule has 2 aromatic rings. The van der Waals surface area contributed by atoms with E-state index < -0.39 is 0 Å². The van der Waals surface area contributed by atoms with Gasteiger partial charge in [0.1, 0.15) is 5.82 Å². The minimum Gasteiger partial charge on any atom is -0.379 e. The number of fused-ring (bicyclic) bond motifs is 1. The Bertz CT molecular complexity index is 623. The Labute approximate surface area is 138 Å². The molecule has 1 atom stereocenters. The third-order valence-electron chi connectivity index (χ3n) is 3.84. The van der Waals surface area contributed by atoms with Crippen LogP contribution in [0.15, 0.2) is 22.7 Å². The first kappa shape index (κ1) is 15.3. The Morgan fingerprint density at radius 3 is 2.81 bits per heavy atom. The zero-order chi connectivity index (χ0) is 14.8. The molecule has 1 aliphatic heterocycles. The summed E-state index contributed by atoms with van der Waals surface area (Å²) in [6, 6.07) is 6.20. The molecule has 1 aromatic carbocycles. The SMILES string of the molecule is CC(Cl)c1nc2cc(Br)ccc2n1CCN1CCOCC1. The minimum absolute atomic E-state index is 0.0964. The van der Waals surface area contributed by atoms with Crippen LogP contribution in [-0.2, 0) is 11.3 Å². The van der Waals surface area contributed by atoms with Crippen molar-refractivity contribution in [2.45, 2.75) is 18.8 Å². The van der Waals surface area contributed by atoms with E-state index in [1.165, 1.54) is 0 Å². The van der Waals surface area contributed by atoms with Gasteiger partial charge in [0, 0.05) is 30.7 Å². The molecule has 0 radical (unpaired) electrons. The number of morpholine rings is 1. The fourth-order valence-electron chi connectivity index (χ4n) is 2.73. The summed E-state index contributed by atoms with van der Waals surface area (Å²) in [6.07, 6.45) is 0. The molecule has 1 unspecified atom stereocenters. The van der Waals surface area contributed by atoms with Crippen molar-refractivity contribution < 1.29 is 4.74 Å². The van der Waals surface area contributed by atoms with Gasteiger partial charge in [-0.3, -0.25) is 4.90 Å². The first-order valence-electron chi connectivity index (χ1n) is 7.25. The van der Waals surface area contributed by atoms with E-state index in [2.05, 4.69) is 37.5 Å². The molecular formula is C15H19BrClN3O. The number of alkyl halides is 1. The van der Waals surface area contributed by atoms with Crippen molar-refractivity contribution in [2.75, 3.05) is 32.8 Å². The monoisotopic (exact) mass is 371 g/mol. The van der Waals surface area contributed by atoms with E-state index in [1.54, 1.807) is 0 Å². The summed E-state index contributed by atoms with van der Waals surface area (Å²) in [5, 5.41) is -0.0964. The molecule has 0 bridgehead atoms. The maximum absolute atomic E-state index is 6.31. The number of rotatable bonds is 4. The van der Waals surface area contributed by atoms with Gasteiger partial charge in [0.2, 0.25) is 0 Å². The van der Waals surface area contributed by atoms with Crippen LogP contribution in [-0.4, -0.2) is 47.3 Å². The summed E-state index contributed by atoms with van der Waals surface area (Å²) in [6.45, 7) is 7.55. The van der Waals surface area contributed by atoms with Crippen LogP contribution >= 0.6 is 27.5 Å². The lowest BCUT2D eigenvalue weighted by atomic mass is 10.3. The number of halogens is 2. The van der Waals surface area contributed by atoms with Crippen LogP contribution < -0.4 is 0 Å². The standard InChI is InChI=1S/C15H19BrClN3O/c1-11(17)15-18-13-10-12(16)2-3-14(13)20(15)5-4-19-6-8-21-9-7-19/h2-3,10-11H,4-9H2,1H3. The number of aromatic nitrogens is 2. The highest BCUT2D eigenvalue weighted by Crippen LogP contribution is 2.26. The smallest absolute Gasteiger partial charge is 0.127 e. The van der Waals surface area contributed by atoms with Gasteiger partial charge < -0.3 is 9.30 Å². The number of hydrogen-bond donors (Lipinski definition) is 0. The molecule has 0 spiro atoms. The summed E-state index contributed by atoms with van der Waals surface area (Å²) in [5.41, 5.74) is 2.14. The topological polar surface area (TPSA) is 30.3 Å². The van der Waals surface area contributed by atoms with Gasteiger partial charge in [-0.25, -0.2) is 4.98 Å². The number of benzene rings is 1. The zero-order valence-electron chi connectivity index (χ0n) is 12.1. The second kappa shape index (κ2) is 6.65. The Morgan fingerprint density at radius 1 is 1.33 bits per heavy atom. The van der Waals surface area contributed by atoms with E-state index in [4.69, 9.17) is 21.3 Å². The Kier molecular flexibility index (Phi) is 4.84. The summed E-state index contributed by atoms with van der Waals surface area (Å²) < 4.78 is 8.68. The van der Waals surface area contributed by atoms with Crippen LogP contribution in [0.25, 0.3) is 11.0 Å². The van der Waals surface area contributed by atoms with Crippen LogP contribution in [0.5, 0.6) is 0 Å². The molecule has 0 saturated carbocycles. The summed E-state index contributed by atoms with van der Waals surface area (Å²) in [7, 11) is 0. The van der Waals surface area contributed by atoms with Crippen molar-refractivity contribution in [1.82, 2.24) is 14.5 Å². The number of nitrogens with zero attached hydrogens (tertiary/aromatic N) is 3. The summed E-state index contributed by atoms with van der Waals surface area (Å²) in [5.74, 6) is 0.943. The molecule has 1 saturated heterocycles. The van der Waals surface area contributed by atoms with Crippen LogP contribution in [0.4, 0.5) is 0 Å². The predicted octanol–water partition coefficient (Wildman–Crippen LogP) is 3.43. The maximum atomic E-state index is 6.31. The molecule has 0 amide bonds.